The average molecular weight is 308 g/mol. The fourth-order valence-corrected chi connectivity index (χ4v) is 2.17. The standard InChI is InChI=1S/C15H24N4O3/c1-21-9-5-16-13-2-3-14(18-12-13)15(20)17-4-6-19-7-10-22-11-8-19/h2-3,12,16H,4-11H2,1H3,(H,17,20). The van der Waals surface area contributed by atoms with Gasteiger partial charge in [0.25, 0.3) is 5.91 Å². The Morgan fingerprint density at radius 1 is 1.36 bits per heavy atom. The van der Waals surface area contributed by atoms with E-state index in [1.54, 1.807) is 19.4 Å². The largest absolute Gasteiger partial charge is 0.383 e. The molecule has 1 aliphatic rings. The Bertz CT molecular complexity index is 447. The van der Waals surface area contributed by atoms with Gasteiger partial charge in [-0.25, -0.2) is 4.98 Å². The molecule has 2 rings (SSSR count). The van der Waals surface area contributed by atoms with Gasteiger partial charge < -0.3 is 20.1 Å². The first-order valence-electron chi connectivity index (χ1n) is 7.57. The number of methoxy groups -OCH3 is 1. The molecule has 22 heavy (non-hydrogen) atoms. The number of morpholine rings is 1. The van der Waals surface area contributed by atoms with Crippen LogP contribution in [0, 0.1) is 0 Å². The predicted octanol–water partition coefficient (Wildman–Crippen LogP) is 0.202. The summed E-state index contributed by atoms with van der Waals surface area (Å²) in [7, 11) is 1.66. The van der Waals surface area contributed by atoms with Crippen LogP contribution in [-0.2, 0) is 9.47 Å². The Morgan fingerprint density at radius 3 is 2.86 bits per heavy atom. The van der Waals surface area contributed by atoms with Crippen LogP contribution in [-0.4, -0.2) is 75.4 Å². The van der Waals surface area contributed by atoms with Crippen LogP contribution in [0.1, 0.15) is 10.5 Å². The van der Waals surface area contributed by atoms with Crippen LogP contribution in [0.4, 0.5) is 5.69 Å². The van der Waals surface area contributed by atoms with E-state index in [0.29, 0.717) is 25.4 Å². The summed E-state index contributed by atoms with van der Waals surface area (Å²) in [6.07, 6.45) is 1.66. The molecule has 7 nitrogen and oxygen atoms in total. The molecule has 2 heterocycles. The Hall–Kier alpha value is -1.70. The molecule has 1 amide bonds. The number of pyridine rings is 1. The second-order valence-corrected chi connectivity index (χ2v) is 5.06. The summed E-state index contributed by atoms with van der Waals surface area (Å²) in [6, 6.07) is 3.57. The fourth-order valence-electron chi connectivity index (χ4n) is 2.17. The summed E-state index contributed by atoms with van der Waals surface area (Å²) in [5.74, 6) is -0.142. The number of aromatic nitrogens is 1. The van der Waals surface area contributed by atoms with Gasteiger partial charge in [0.2, 0.25) is 0 Å². The van der Waals surface area contributed by atoms with Crippen molar-refractivity contribution in [3.8, 4) is 0 Å². The zero-order valence-corrected chi connectivity index (χ0v) is 13.0. The molecule has 7 heteroatoms. The highest BCUT2D eigenvalue weighted by Gasteiger charge is 2.11. The number of ether oxygens (including phenoxy) is 2. The lowest BCUT2D eigenvalue weighted by Gasteiger charge is -2.26. The molecule has 0 aliphatic carbocycles. The lowest BCUT2D eigenvalue weighted by Crippen LogP contribution is -2.41. The van der Waals surface area contributed by atoms with Gasteiger partial charge in [0.05, 0.1) is 31.7 Å². The molecule has 0 radical (unpaired) electrons. The van der Waals surface area contributed by atoms with E-state index in [0.717, 1.165) is 38.5 Å². The summed E-state index contributed by atoms with van der Waals surface area (Å²) in [6.45, 7) is 6.19. The van der Waals surface area contributed by atoms with E-state index in [1.807, 2.05) is 6.07 Å². The van der Waals surface area contributed by atoms with Gasteiger partial charge in [-0.15, -0.1) is 0 Å². The molecule has 1 aromatic rings. The number of nitrogens with one attached hydrogen (secondary N) is 2. The Balaban J connectivity index is 1.70. The number of rotatable bonds is 8. The molecular formula is C15H24N4O3. The molecule has 0 aromatic carbocycles. The normalized spacial score (nSPS) is 15.5. The number of hydrogen-bond acceptors (Lipinski definition) is 6. The van der Waals surface area contributed by atoms with Crippen molar-refractivity contribution in [2.24, 2.45) is 0 Å². The van der Waals surface area contributed by atoms with Crippen LogP contribution in [0.3, 0.4) is 0 Å². The zero-order valence-electron chi connectivity index (χ0n) is 13.0. The molecule has 0 bridgehead atoms. The maximum Gasteiger partial charge on any atom is 0.269 e. The Morgan fingerprint density at radius 2 is 2.18 bits per heavy atom. The maximum atomic E-state index is 12.0. The molecule has 1 fully saturated rings. The fraction of sp³-hybridized carbons (Fsp3) is 0.600. The van der Waals surface area contributed by atoms with Crippen molar-refractivity contribution in [1.29, 1.82) is 0 Å². The predicted molar refractivity (Wildman–Crippen MR) is 84.2 cm³/mol. The zero-order chi connectivity index (χ0) is 15.6. The third-order valence-corrected chi connectivity index (χ3v) is 3.45. The smallest absolute Gasteiger partial charge is 0.269 e. The molecule has 0 spiro atoms. The highest BCUT2D eigenvalue weighted by Crippen LogP contribution is 2.05. The molecular weight excluding hydrogens is 284 g/mol. The van der Waals surface area contributed by atoms with Crippen LogP contribution in [0.25, 0.3) is 0 Å². The van der Waals surface area contributed by atoms with Crippen LogP contribution < -0.4 is 10.6 Å². The number of carbonyl (C=O) groups is 1. The van der Waals surface area contributed by atoms with Gasteiger partial charge >= 0.3 is 0 Å². The van der Waals surface area contributed by atoms with Gasteiger partial charge in [0.1, 0.15) is 5.69 Å². The summed E-state index contributed by atoms with van der Waals surface area (Å²) in [5, 5.41) is 6.05. The summed E-state index contributed by atoms with van der Waals surface area (Å²) in [4.78, 5) is 18.5. The van der Waals surface area contributed by atoms with Gasteiger partial charge in [0.15, 0.2) is 0 Å². The van der Waals surface area contributed by atoms with Crippen molar-refractivity contribution in [1.82, 2.24) is 15.2 Å². The first-order valence-corrected chi connectivity index (χ1v) is 7.57. The van der Waals surface area contributed by atoms with Gasteiger partial charge in [-0.1, -0.05) is 0 Å². The van der Waals surface area contributed by atoms with Gasteiger partial charge in [0, 0.05) is 39.8 Å². The van der Waals surface area contributed by atoms with Crippen LogP contribution >= 0.6 is 0 Å². The molecule has 1 aliphatic heterocycles. The molecule has 2 N–H and O–H groups in total. The minimum absolute atomic E-state index is 0.142. The topological polar surface area (TPSA) is 75.7 Å². The molecule has 1 saturated heterocycles. The minimum Gasteiger partial charge on any atom is -0.383 e. The number of amides is 1. The first-order chi connectivity index (χ1) is 10.8. The first kappa shape index (κ1) is 16.7. The van der Waals surface area contributed by atoms with Crippen molar-refractivity contribution in [2.75, 3.05) is 65.0 Å². The monoisotopic (exact) mass is 308 g/mol. The highest BCUT2D eigenvalue weighted by molar-refractivity contribution is 5.92. The van der Waals surface area contributed by atoms with Crippen LogP contribution in [0.2, 0.25) is 0 Å². The highest BCUT2D eigenvalue weighted by atomic mass is 16.5. The van der Waals surface area contributed by atoms with Gasteiger partial charge in [-0.2, -0.15) is 0 Å². The average Bonchev–Trinajstić information content (AvgIpc) is 2.56. The van der Waals surface area contributed by atoms with Crippen LogP contribution in [0.5, 0.6) is 0 Å². The minimum atomic E-state index is -0.142. The van der Waals surface area contributed by atoms with Gasteiger partial charge in [-0.05, 0) is 12.1 Å². The third-order valence-electron chi connectivity index (χ3n) is 3.45. The van der Waals surface area contributed by atoms with Gasteiger partial charge in [-0.3, -0.25) is 9.69 Å². The molecule has 1 aromatic heterocycles. The second kappa shape index (κ2) is 9.34. The Kier molecular flexibility index (Phi) is 7.08. The van der Waals surface area contributed by atoms with Crippen molar-refractivity contribution >= 4 is 11.6 Å². The van der Waals surface area contributed by atoms with Crippen molar-refractivity contribution in [2.45, 2.75) is 0 Å². The molecule has 0 saturated carbocycles. The van der Waals surface area contributed by atoms with E-state index < -0.39 is 0 Å². The van der Waals surface area contributed by atoms with E-state index in [2.05, 4.69) is 20.5 Å². The summed E-state index contributed by atoms with van der Waals surface area (Å²) in [5.41, 5.74) is 1.31. The van der Waals surface area contributed by atoms with E-state index in [4.69, 9.17) is 9.47 Å². The van der Waals surface area contributed by atoms with E-state index in [-0.39, 0.29) is 5.91 Å². The molecule has 0 unspecified atom stereocenters. The number of anilines is 1. The number of carbonyl (C=O) groups excluding carboxylic acids is 1. The van der Waals surface area contributed by atoms with E-state index in [1.165, 1.54) is 0 Å². The lowest BCUT2D eigenvalue weighted by atomic mass is 10.3. The summed E-state index contributed by atoms with van der Waals surface area (Å²) < 4.78 is 10.3. The van der Waals surface area contributed by atoms with Crippen LogP contribution in [0.15, 0.2) is 18.3 Å². The molecule has 122 valence electrons. The van der Waals surface area contributed by atoms with Crippen molar-refractivity contribution in [3.63, 3.8) is 0 Å². The number of nitrogens with zero attached hydrogens (tertiary/aromatic N) is 2. The Labute approximate surface area is 131 Å². The summed E-state index contributed by atoms with van der Waals surface area (Å²) >= 11 is 0. The van der Waals surface area contributed by atoms with Crippen molar-refractivity contribution < 1.29 is 14.3 Å². The van der Waals surface area contributed by atoms with E-state index in [9.17, 15) is 4.79 Å². The number of hydrogen-bond donors (Lipinski definition) is 2. The third kappa shape index (κ3) is 5.59. The molecule has 0 atom stereocenters. The van der Waals surface area contributed by atoms with E-state index >= 15 is 0 Å². The second-order valence-electron chi connectivity index (χ2n) is 5.06. The lowest BCUT2D eigenvalue weighted by molar-refractivity contribution is 0.0383. The maximum absolute atomic E-state index is 12.0. The SMILES string of the molecule is COCCNc1ccc(C(=O)NCCN2CCOCC2)nc1. The van der Waals surface area contributed by atoms with Crippen molar-refractivity contribution in [3.05, 3.63) is 24.0 Å². The quantitative estimate of drug-likeness (QED) is 0.668.